The van der Waals surface area contributed by atoms with E-state index in [0.717, 1.165) is 22.6 Å². The van der Waals surface area contributed by atoms with Gasteiger partial charge in [0.15, 0.2) is 0 Å². The molecule has 2 N–H and O–H groups in total. The van der Waals surface area contributed by atoms with Crippen LogP contribution in [0.3, 0.4) is 0 Å². The summed E-state index contributed by atoms with van der Waals surface area (Å²) >= 11 is 0. The number of hydrogen-bond donors (Lipinski definition) is 2. The highest BCUT2D eigenvalue weighted by Gasteiger charge is 2.14. The van der Waals surface area contributed by atoms with E-state index in [-0.39, 0.29) is 18.5 Å². The second-order valence-corrected chi connectivity index (χ2v) is 5.55. The second-order valence-electron chi connectivity index (χ2n) is 5.55. The number of carbonyl (C=O) groups is 1. The van der Waals surface area contributed by atoms with Crippen LogP contribution in [0.5, 0.6) is 0 Å². The van der Waals surface area contributed by atoms with Crippen molar-refractivity contribution in [1.29, 1.82) is 0 Å². The Kier molecular flexibility index (Phi) is 4.23. The lowest BCUT2D eigenvalue weighted by molar-refractivity contribution is -0.122. The lowest BCUT2D eigenvalue weighted by Crippen LogP contribution is -2.30. The maximum absolute atomic E-state index is 12.1. The third-order valence-electron chi connectivity index (χ3n) is 3.54. The van der Waals surface area contributed by atoms with E-state index in [0.29, 0.717) is 0 Å². The van der Waals surface area contributed by atoms with Gasteiger partial charge in [-0.2, -0.15) is 5.10 Å². The molecule has 0 aliphatic rings. The molecule has 1 unspecified atom stereocenters. The first kappa shape index (κ1) is 15.0. The summed E-state index contributed by atoms with van der Waals surface area (Å²) in [6, 6.07) is 9.76. The molecule has 2 aromatic heterocycles. The predicted molar refractivity (Wildman–Crippen MR) is 87.5 cm³/mol. The van der Waals surface area contributed by atoms with Gasteiger partial charge in [-0.25, -0.2) is 4.98 Å². The second kappa shape index (κ2) is 6.48. The molecule has 3 aromatic rings. The number of imidazole rings is 1. The topological polar surface area (TPSA) is 75.6 Å². The first-order chi connectivity index (χ1) is 11.1. The minimum absolute atomic E-state index is 0.0988. The van der Waals surface area contributed by atoms with Gasteiger partial charge >= 0.3 is 0 Å². The van der Waals surface area contributed by atoms with Gasteiger partial charge in [0.2, 0.25) is 5.91 Å². The summed E-state index contributed by atoms with van der Waals surface area (Å²) in [5, 5.41) is 7.04. The minimum atomic E-state index is -0.198. The normalized spacial score (nSPS) is 12.1. The number of carbonyl (C=O) groups excluding carboxylic acids is 1. The van der Waals surface area contributed by atoms with E-state index in [9.17, 15) is 4.79 Å². The summed E-state index contributed by atoms with van der Waals surface area (Å²) in [7, 11) is 0. The van der Waals surface area contributed by atoms with Gasteiger partial charge in [0, 0.05) is 6.20 Å². The van der Waals surface area contributed by atoms with Crippen molar-refractivity contribution in [2.75, 3.05) is 0 Å². The van der Waals surface area contributed by atoms with Gasteiger partial charge in [-0.05, 0) is 25.0 Å². The molecule has 0 spiro atoms. The van der Waals surface area contributed by atoms with Crippen molar-refractivity contribution >= 4 is 5.91 Å². The Morgan fingerprint density at radius 1 is 1.30 bits per heavy atom. The van der Waals surface area contributed by atoms with E-state index in [1.807, 2.05) is 50.4 Å². The van der Waals surface area contributed by atoms with Gasteiger partial charge in [-0.15, -0.1) is 0 Å². The van der Waals surface area contributed by atoms with E-state index in [2.05, 4.69) is 20.4 Å². The van der Waals surface area contributed by atoms with Crippen LogP contribution in [0.15, 0.2) is 48.9 Å². The molecule has 6 heteroatoms. The quantitative estimate of drug-likeness (QED) is 0.760. The Labute approximate surface area is 134 Å². The van der Waals surface area contributed by atoms with Crippen LogP contribution in [0.2, 0.25) is 0 Å². The maximum atomic E-state index is 12.1. The molecule has 0 saturated heterocycles. The minimum Gasteiger partial charge on any atom is -0.345 e. The molecule has 0 saturated carbocycles. The first-order valence-electron chi connectivity index (χ1n) is 7.50. The number of rotatable bonds is 5. The Bertz CT molecular complexity index is 790. The number of amides is 1. The molecule has 1 atom stereocenters. The summed E-state index contributed by atoms with van der Waals surface area (Å²) in [5.41, 5.74) is 3.03. The molecule has 0 fully saturated rings. The number of aromatic nitrogens is 4. The monoisotopic (exact) mass is 309 g/mol. The molecule has 0 bridgehead atoms. The third-order valence-corrected chi connectivity index (χ3v) is 3.54. The predicted octanol–water partition coefficient (Wildman–Crippen LogP) is 2.46. The fourth-order valence-corrected chi connectivity index (χ4v) is 2.38. The molecule has 3 rings (SSSR count). The molecule has 0 radical (unpaired) electrons. The van der Waals surface area contributed by atoms with E-state index in [1.165, 1.54) is 0 Å². The van der Waals surface area contributed by atoms with Crippen molar-refractivity contribution in [3.8, 4) is 11.3 Å². The lowest BCUT2D eigenvalue weighted by atomic mass is 10.2. The smallest absolute Gasteiger partial charge is 0.242 e. The van der Waals surface area contributed by atoms with E-state index >= 15 is 0 Å². The van der Waals surface area contributed by atoms with Crippen LogP contribution in [-0.4, -0.2) is 25.7 Å². The first-order valence-corrected chi connectivity index (χ1v) is 7.50. The summed E-state index contributed by atoms with van der Waals surface area (Å²) < 4.78 is 1.62. The molecule has 118 valence electrons. The van der Waals surface area contributed by atoms with Gasteiger partial charge < -0.3 is 10.3 Å². The zero-order chi connectivity index (χ0) is 16.2. The molecule has 1 aromatic carbocycles. The standard InChI is InChI=1S/C17H19N5O/c1-12-8-19-22(10-12)11-16(23)20-13(2)17-18-9-15(21-17)14-6-4-3-5-7-14/h3-10,13H,11H2,1-2H3,(H,18,21)(H,20,23). The number of aryl methyl sites for hydroxylation is 1. The summed E-state index contributed by atoms with van der Waals surface area (Å²) in [6.07, 6.45) is 5.35. The lowest BCUT2D eigenvalue weighted by Gasteiger charge is -2.11. The van der Waals surface area contributed by atoms with E-state index in [4.69, 9.17) is 0 Å². The van der Waals surface area contributed by atoms with Crippen LogP contribution in [0.1, 0.15) is 24.4 Å². The van der Waals surface area contributed by atoms with Crippen LogP contribution in [0.4, 0.5) is 0 Å². The fraction of sp³-hybridized carbons (Fsp3) is 0.235. The SMILES string of the molecule is Cc1cnn(CC(=O)NC(C)c2ncc(-c3ccccc3)[nH]2)c1. The zero-order valence-electron chi connectivity index (χ0n) is 13.2. The molecular formula is C17H19N5O. The highest BCUT2D eigenvalue weighted by atomic mass is 16.2. The molecule has 0 aliphatic carbocycles. The Morgan fingerprint density at radius 2 is 2.09 bits per heavy atom. The highest BCUT2D eigenvalue weighted by molar-refractivity contribution is 5.76. The van der Waals surface area contributed by atoms with E-state index < -0.39 is 0 Å². The number of aromatic amines is 1. The van der Waals surface area contributed by atoms with Gasteiger partial charge in [-0.1, -0.05) is 30.3 Å². The number of nitrogens with zero attached hydrogens (tertiary/aromatic N) is 3. The van der Waals surface area contributed by atoms with Crippen LogP contribution >= 0.6 is 0 Å². The van der Waals surface area contributed by atoms with Crippen LogP contribution < -0.4 is 5.32 Å². The summed E-state index contributed by atoms with van der Waals surface area (Å²) in [6.45, 7) is 4.04. The molecular weight excluding hydrogens is 290 g/mol. The van der Waals surface area contributed by atoms with E-state index in [1.54, 1.807) is 17.1 Å². The van der Waals surface area contributed by atoms with Gasteiger partial charge in [0.1, 0.15) is 12.4 Å². The molecule has 6 nitrogen and oxygen atoms in total. The average Bonchev–Trinajstić information content (AvgIpc) is 3.17. The van der Waals surface area contributed by atoms with Crippen molar-refractivity contribution in [2.24, 2.45) is 0 Å². The number of H-pyrrole nitrogens is 1. The molecule has 1 amide bonds. The number of benzene rings is 1. The maximum Gasteiger partial charge on any atom is 0.242 e. The number of nitrogens with one attached hydrogen (secondary N) is 2. The molecule has 2 heterocycles. The van der Waals surface area contributed by atoms with Crippen molar-refractivity contribution < 1.29 is 4.79 Å². The van der Waals surface area contributed by atoms with Crippen LogP contribution in [0, 0.1) is 6.92 Å². The van der Waals surface area contributed by atoms with Gasteiger partial charge in [-0.3, -0.25) is 9.48 Å². The summed E-state index contributed by atoms with van der Waals surface area (Å²) in [4.78, 5) is 19.7. The van der Waals surface area contributed by atoms with Crippen molar-refractivity contribution in [3.63, 3.8) is 0 Å². The zero-order valence-corrected chi connectivity index (χ0v) is 13.2. The van der Waals surface area contributed by atoms with Crippen molar-refractivity contribution in [1.82, 2.24) is 25.1 Å². The van der Waals surface area contributed by atoms with Crippen molar-refractivity contribution in [3.05, 3.63) is 60.3 Å². The Morgan fingerprint density at radius 3 is 2.78 bits per heavy atom. The van der Waals surface area contributed by atoms with Crippen molar-refractivity contribution in [2.45, 2.75) is 26.4 Å². The van der Waals surface area contributed by atoms with Crippen LogP contribution in [0.25, 0.3) is 11.3 Å². The fourth-order valence-electron chi connectivity index (χ4n) is 2.38. The summed E-state index contributed by atoms with van der Waals surface area (Å²) in [5.74, 6) is 0.632. The largest absolute Gasteiger partial charge is 0.345 e. The Hall–Kier alpha value is -2.89. The molecule has 23 heavy (non-hydrogen) atoms. The molecule has 0 aliphatic heterocycles. The Balaban J connectivity index is 1.63. The van der Waals surface area contributed by atoms with Crippen LogP contribution in [-0.2, 0) is 11.3 Å². The third kappa shape index (κ3) is 3.66. The highest BCUT2D eigenvalue weighted by Crippen LogP contribution is 2.18. The van der Waals surface area contributed by atoms with Gasteiger partial charge in [0.25, 0.3) is 0 Å². The van der Waals surface area contributed by atoms with Gasteiger partial charge in [0.05, 0.1) is 24.1 Å². The average molecular weight is 309 g/mol. The number of hydrogen-bond acceptors (Lipinski definition) is 3.